The summed E-state index contributed by atoms with van der Waals surface area (Å²) in [6, 6.07) is 6.69. The van der Waals surface area contributed by atoms with E-state index in [0.717, 1.165) is 19.4 Å². The molecule has 1 unspecified atom stereocenters. The first-order valence-electron chi connectivity index (χ1n) is 7.51. The van der Waals surface area contributed by atoms with Crippen LogP contribution in [-0.4, -0.2) is 48.1 Å². The maximum Gasteiger partial charge on any atom is 0.320 e. The summed E-state index contributed by atoms with van der Waals surface area (Å²) >= 11 is 0. The van der Waals surface area contributed by atoms with Gasteiger partial charge in [0.25, 0.3) is 0 Å². The number of carboxylic acids is 1. The number of piperidine rings is 1. The molecule has 0 radical (unpaired) electrons. The van der Waals surface area contributed by atoms with Crippen LogP contribution in [0.1, 0.15) is 25.7 Å². The van der Waals surface area contributed by atoms with Gasteiger partial charge in [0.1, 0.15) is 11.8 Å². The molecule has 2 rings (SSSR count). The van der Waals surface area contributed by atoms with Crippen LogP contribution in [0.4, 0.5) is 5.69 Å². The second-order valence-electron chi connectivity index (χ2n) is 5.42. The van der Waals surface area contributed by atoms with E-state index in [1.165, 1.54) is 0 Å². The number of likely N-dealkylation sites (tertiary alicyclic amines) is 1. The molecule has 0 aromatic heterocycles. The smallest absolute Gasteiger partial charge is 0.320 e. The Morgan fingerprint density at radius 2 is 2.23 bits per heavy atom. The lowest BCUT2D eigenvalue weighted by Gasteiger charge is -2.32. The van der Waals surface area contributed by atoms with Gasteiger partial charge in [-0.2, -0.15) is 0 Å². The summed E-state index contributed by atoms with van der Waals surface area (Å²) in [6.07, 6.45) is 2.86. The molecule has 1 heterocycles. The minimum atomic E-state index is -0.798. The Morgan fingerprint density at radius 1 is 1.41 bits per heavy atom. The van der Waals surface area contributed by atoms with Gasteiger partial charge in [0.05, 0.1) is 7.11 Å². The Morgan fingerprint density at radius 3 is 2.95 bits per heavy atom. The summed E-state index contributed by atoms with van der Waals surface area (Å²) in [5, 5.41) is 12.0. The number of amides is 1. The summed E-state index contributed by atoms with van der Waals surface area (Å²) in [5.74, 6) is -0.240. The topological polar surface area (TPSA) is 78.9 Å². The van der Waals surface area contributed by atoms with Crippen molar-refractivity contribution in [3.63, 3.8) is 0 Å². The van der Waals surface area contributed by atoms with Crippen LogP contribution in [0.15, 0.2) is 24.3 Å². The number of carboxylic acid groups (broad SMARTS) is 1. The molecule has 1 aliphatic heterocycles. The zero-order valence-corrected chi connectivity index (χ0v) is 12.7. The molecule has 1 atom stereocenters. The largest absolute Gasteiger partial charge is 0.497 e. The maximum atomic E-state index is 12.0. The van der Waals surface area contributed by atoms with Gasteiger partial charge in [0.2, 0.25) is 5.91 Å². The minimum absolute atomic E-state index is 0.122. The van der Waals surface area contributed by atoms with Crippen molar-refractivity contribution in [2.24, 2.45) is 0 Å². The van der Waals surface area contributed by atoms with E-state index in [1.807, 2.05) is 4.90 Å². The molecule has 22 heavy (non-hydrogen) atoms. The van der Waals surface area contributed by atoms with Crippen molar-refractivity contribution in [3.8, 4) is 5.75 Å². The SMILES string of the molecule is COc1cccc(NC(=O)CCN2CCCCC2C(=O)O)c1. The first-order chi connectivity index (χ1) is 10.6. The van der Waals surface area contributed by atoms with Crippen LogP contribution in [0, 0.1) is 0 Å². The van der Waals surface area contributed by atoms with Gasteiger partial charge in [-0.15, -0.1) is 0 Å². The normalized spacial score (nSPS) is 18.7. The van der Waals surface area contributed by atoms with Gasteiger partial charge in [-0.25, -0.2) is 0 Å². The van der Waals surface area contributed by atoms with Crippen molar-refractivity contribution < 1.29 is 19.4 Å². The fraction of sp³-hybridized carbons (Fsp3) is 0.500. The second-order valence-corrected chi connectivity index (χ2v) is 5.42. The Labute approximate surface area is 130 Å². The zero-order chi connectivity index (χ0) is 15.9. The molecule has 1 aliphatic rings. The number of carbonyl (C=O) groups is 2. The van der Waals surface area contributed by atoms with Gasteiger partial charge >= 0.3 is 5.97 Å². The Hall–Kier alpha value is -2.08. The summed E-state index contributed by atoms with van der Waals surface area (Å²) in [4.78, 5) is 25.1. The zero-order valence-electron chi connectivity index (χ0n) is 12.7. The second kappa shape index (κ2) is 7.79. The van der Waals surface area contributed by atoms with Crippen LogP contribution >= 0.6 is 0 Å². The summed E-state index contributed by atoms with van der Waals surface area (Å²) in [7, 11) is 1.57. The van der Waals surface area contributed by atoms with E-state index >= 15 is 0 Å². The molecule has 1 saturated heterocycles. The monoisotopic (exact) mass is 306 g/mol. The predicted molar refractivity (Wildman–Crippen MR) is 83.1 cm³/mol. The number of rotatable bonds is 6. The van der Waals surface area contributed by atoms with Crippen molar-refractivity contribution >= 4 is 17.6 Å². The molecule has 1 aromatic carbocycles. The first kappa shape index (κ1) is 16.3. The van der Waals surface area contributed by atoms with E-state index in [9.17, 15) is 14.7 Å². The highest BCUT2D eigenvalue weighted by Gasteiger charge is 2.28. The van der Waals surface area contributed by atoms with E-state index in [-0.39, 0.29) is 12.3 Å². The van der Waals surface area contributed by atoms with Crippen LogP contribution in [0.5, 0.6) is 5.75 Å². The van der Waals surface area contributed by atoms with Gasteiger partial charge in [0.15, 0.2) is 0 Å². The Kier molecular flexibility index (Phi) is 5.77. The number of nitrogens with one attached hydrogen (secondary N) is 1. The third kappa shape index (κ3) is 4.46. The highest BCUT2D eigenvalue weighted by atomic mass is 16.5. The van der Waals surface area contributed by atoms with E-state index < -0.39 is 12.0 Å². The third-order valence-corrected chi connectivity index (χ3v) is 3.88. The van der Waals surface area contributed by atoms with Gasteiger partial charge in [-0.1, -0.05) is 12.5 Å². The van der Waals surface area contributed by atoms with Crippen molar-refractivity contribution in [2.45, 2.75) is 31.7 Å². The molecule has 1 aromatic rings. The minimum Gasteiger partial charge on any atom is -0.497 e. The molecule has 2 N–H and O–H groups in total. The average Bonchev–Trinajstić information content (AvgIpc) is 2.53. The van der Waals surface area contributed by atoms with Crippen LogP contribution in [0.3, 0.4) is 0 Å². The average molecular weight is 306 g/mol. The number of benzene rings is 1. The van der Waals surface area contributed by atoms with E-state index in [2.05, 4.69) is 5.32 Å². The maximum absolute atomic E-state index is 12.0. The van der Waals surface area contributed by atoms with E-state index in [1.54, 1.807) is 31.4 Å². The van der Waals surface area contributed by atoms with E-state index in [0.29, 0.717) is 24.4 Å². The van der Waals surface area contributed by atoms with Crippen LogP contribution in [0.25, 0.3) is 0 Å². The highest BCUT2D eigenvalue weighted by molar-refractivity contribution is 5.91. The number of hydrogen-bond acceptors (Lipinski definition) is 4. The summed E-state index contributed by atoms with van der Waals surface area (Å²) < 4.78 is 5.11. The van der Waals surface area contributed by atoms with Crippen molar-refractivity contribution in [2.75, 3.05) is 25.5 Å². The lowest BCUT2D eigenvalue weighted by Crippen LogP contribution is -2.45. The molecule has 0 saturated carbocycles. The van der Waals surface area contributed by atoms with Crippen molar-refractivity contribution in [1.29, 1.82) is 0 Å². The van der Waals surface area contributed by atoms with E-state index in [4.69, 9.17) is 4.74 Å². The molecular formula is C16H22N2O4. The Bertz CT molecular complexity index is 533. The Balaban J connectivity index is 1.85. The summed E-state index contributed by atoms with van der Waals surface area (Å²) in [6.45, 7) is 1.20. The molecule has 0 bridgehead atoms. The van der Waals surface area contributed by atoms with Gasteiger partial charge in [0, 0.05) is 24.7 Å². The number of methoxy groups -OCH3 is 1. The van der Waals surface area contributed by atoms with Crippen LogP contribution in [0.2, 0.25) is 0 Å². The standard InChI is InChI=1S/C16H22N2O4/c1-22-13-6-4-5-12(11-13)17-15(19)8-10-18-9-3-2-7-14(18)16(20)21/h4-6,11,14H,2-3,7-10H2,1H3,(H,17,19)(H,20,21). The molecule has 6 nitrogen and oxygen atoms in total. The first-order valence-corrected chi connectivity index (χ1v) is 7.51. The molecule has 1 amide bonds. The van der Waals surface area contributed by atoms with Gasteiger partial charge in [-0.3, -0.25) is 14.5 Å². The fourth-order valence-electron chi connectivity index (χ4n) is 2.71. The number of carbonyl (C=O) groups excluding carboxylic acids is 1. The number of nitrogens with zero attached hydrogens (tertiary/aromatic N) is 1. The molecule has 0 aliphatic carbocycles. The third-order valence-electron chi connectivity index (χ3n) is 3.88. The van der Waals surface area contributed by atoms with Gasteiger partial charge in [-0.05, 0) is 31.5 Å². The lowest BCUT2D eigenvalue weighted by atomic mass is 10.0. The predicted octanol–water partition coefficient (Wildman–Crippen LogP) is 1.96. The quantitative estimate of drug-likeness (QED) is 0.840. The number of anilines is 1. The number of hydrogen-bond donors (Lipinski definition) is 2. The fourth-order valence-corrected chi connectivity index (χ4v) is 2.71. The highest BCUT2D eigenvalue weighted by Crippen LogP contribution is 2.19. The van der Waals surface area contributed by atoms with Gasteiger partial charge < -0.3 is 15.2 Å². The number of ether oxygens (including phenoxy) is 1. The summed E-state index contributed by atoms with van der Waals surface area (Å²) in [5.41, 5.74) is 0.678. The van der Waals surface area contributed by atoms with Crippen LogP contribution in [-0.2, 0) is 9.59 Å². The molecule has 0 spiro atoms. The molecule has 6 heteroatoms. The van der Waals surface area contributed by atoms with Crippen LogP contribution < -0.4 is 10.1 Å². The number of aliphatic carboxylic acids is 1. The van der Waals surface area contributed by atoms with Crippen molar-refractivity contribution in [3.05, 3.63) is 24.3 Å². The molecular weight excluding hydrogens is 284 g/mol. The lowest BCUT2D eigenvalue weighted by molar-refractivity contribution is -0.144. The molecule has 120 valence electrons. The van der Waals surface area contributed by atoms with Crippen molar-refractivity contribution in [1.82, 2.24) is 4.90 Å². The molecule has 1 fully saturated rings.